The van der Waals surface area contributed by atoms with E-state index in [1.54, 1.807) is 32.4 Å². The molecule has 0 spiro atoms. The molecule has 1 aliphatic rings. The van der Waals surface area contributed by atoms with Gasteiger partial charge in [0, 0.05) is 30.4 Å². The summed E-state index contributed by atoms with van der Waals surface area (Å²) in [5.41, 5.74) is 2.85. The van der Waals surface area contributed by atoms with Gasteiger partial charge in [0.1, 0.15) is 11.5 Å². The van der Waals surface area contributed by atoms with Gasteiger partial charge in [-0.1, -0.05) is 19.1 Å². The van der Waals surface area contributed by atoms with Crippen molar-refractivity contribution in [1.29, 1.82) is 0 Å². The molecule has 0 unspecified atom stereocenters. The van der Waals surface area contributed by atoms with Crippen LogP contribution in [0.3, 0.4) is 0 Å². The van der Waals surface area contributed by atoms with E-state index in [9.17, 15) is 4.79 Å². The summed E-state index contributed by atoms with van der Waals surface area (Å²) in [5.74, 6) is 1.78. The SMILES string of the molecule is COc1cc(OC)cc(C(=O)N[C@H](C)c2ccc(N3CCC[C@H](C)C3)cc2)c1. The molecular weight excluding hydrogens is 352 g/mol. The molecule has 1 saturated heterocycles. The highest BCUT2D eigenvalue weighted by atomic mass is 16.5. The van der Waals surface area contributed by atoms with Crippen molar-refractivity contribution in [2.24, 2.45) is 5.92 Å². The molecule has 1 N–H and O–H groups in total. The van der Waals surface area contributed by atoms with Gasteiger partial charge in [-0.15, -0.1) is 0 Å². The maximum atomic E-state index is 12.7. The topological polar surface area (TPSA) is 50.8 Å². The molecule has 0 bridgehead atoms. The van der Waals surface area contributed by atoms with E-state index in [1.165, 1.54) is 18.5 Å². The van der Waals surface area contributed by atoms with Crippen LogP contribution in [-0.2, 0) is 0 Å². The molecular formula is C23H30N2O3. The number of hydrogen-bond acceptors (Lipinski definition) is 4. The lowest BCUT2D eigenvalue weighted by Gasteiger charge is -2.33. The fraction of sp³-hybridized carbons (Fsp3) is 0.435. The van der Waals surface area contributed by atoms with E-state index in [-0.39, 0.29) is 11.9 Å². The molecule has 2 aromatic carbocycles. The number of carbonyl (C=O) groups is 1. The zero-order valence-corrected chi connectivity index (χ0v) is 17.2. The highest BCUT2D eigenvalue weighted by Crippen LogP contribution is 2.26. The third-order valence-corrected chi connectivity index (χ3v) is 5.38. The van der Waals surface area contributed by atoms with E-state index < -0.39 is 0 Å². The smallest absolute Gasteiger partial charge is 0.252 e. The van der Waals surface area contributed by atoms with Crippen LogP contribution in [0.1, 0.15) is 48.7 Å². The molecule has 1 fully saturated rings. The van der Waals surface area contributed by atoms with Gasteiger partial charge in [0.15, 0.2) is 0 Å². The average molecular weight is 383 g/mol. The maximum Gasteiger partial charge on any atom is 0.252 e. The Balaban J connectivity index is 1.67. The average Bonchev–Trinajstić information content (AvgIpc) is 2.73. The first-order valence-corrected chi connectivity index (χ1v) is 9.89. The first-order valence-electron chi connectivity index (χ1n) is 9.89. The number of carbonyl (C=O) groups excluding carboxylic acids is 1. The summed E-state index contributed by atoms with van der Waals surface area (Å²) in [6.45, 7) is 6.54. The molecule has 0 aromatic heterocycles. The van der Waals surface area contributed by atoms with Crippen LogP contribution in [0.4, 0.5) is 5.69 Å². The summed E-state index contributed by atoms with van der Waals surface area (Å²) >= 11 is 0. The van der Waals surface area contributed by atoms with Gasteiger partial charge in [-0.05, 0) is 55.5 Å². The van der Waals surface area contributed by atoms with Crippen LogP contribution in [0.25, 0.3) is 0 Å². The Morgan fingerprint density at radius 1 is 1.11 bits per heavy atom. The van der Waals surface area contributed by atoms with Gasteiger partial charge in [0.25, 0.3) is 5.91 Å². The van der Waals surface area contributed by atoms with E-state index in [1.807, 2.05) is 6.92 Å². The van der Waals surface area contributed by atoms with Crippen molar-refractivity contribution in [1.82, 2.24) is 5.32 Å². The number of piperidine rings is 1. The Kier molecular flexibility index (Phi) is 6.45. The van der Waals surface area contributed by atoms with Gasteiger partial charge in [-0.25, -0.2) is 0 Å². The number of benzene rings is 2. The molecule has 2 aromatic rings. The number of ether oxygens (including phenoxy) is 2. The Labute approximate surface area is 167 Å². The summed E-state index contributed by atoms with van der Waals surface area (Å²) in [6, 6.07) is 13.6. The molecule has 2 atom stereocenters. The summed E-state index contributed by atoms with van der Waals surface area (Å²) in [5, 5.41) is 3.06. The largest absolute Gasteiger partial charge is 0.497 e. The van der Waals surface area contributed by atoms with Gasteiger partial charge in [0.05, 0.1) is 20.3 Å². The van der Waals surface area contributed by atoms with Gasteiger partial charge in [-0.2, -0.15) is 0 Å². The first kappa shape index (κ1) is 20.1. The molecule has 28 heavy (non-hydrogen) atoms. The molecule has 0 saturated carbocycles. The monoisotopic (exact) mass is 382 g/mol. The Morgan fingerprint density at radius 2 is 1.75 bits per heavy atom. The van der Waals surface area contributed by atoms with E-state index >= 15 is 0 Å². The number of methoxy groups -OCH3 is 2. The van der Waals surface area contributed by atoms with Crippen molar-refractivity contribution in [3.63, 3.8) is 0 Å². The van der Waals surface area contributed by atoms with Gasteiger partial charge in [-0.3, -0.25) is 4.79 Å². The Hall–Kier alpha value is -2.69. The van der Waals surface area contributed by atoms with Crippen LogP contribution < -0.4 is 19.7 Å². The minimum Gasteiger partial charge on any atom is -0.497 e. The number of nitrogens with one attached hydrogen (secondary N) is 1. The fourth-order valence-electron chi connectivity index (χ4n) is 3.70. The number of anilines is 1. The van der Waals surface area contributed by atoms with Crippen molar-refractivity contribution in [2.75, 3.05) is 32.2 Å². The van der Waals surface area contributed by atoms with Crippen LogP contribution in [0, 0.1) is 5.92 Å². The number of nitrogens with zero attached hydrogens (tertiary/aromatic N) is 1. The lowest BCUT2D eigenvalue weighted by atomic mass is 9.99. The summed E-state index contributed by atoms with van der Waals surface area (Å²) in [6.07, 6.45) is 2.56. The lowest BCUT2D eigenvalue weighted by Crippen LogP contribution is -2.34. The zero-order valence-electron chi connectivity index (χ0n) is 17.2. The van der Waals surface area contributed by atoms with E-state index in [0.29, 0.717) is 17.1 Å². The van der Waals surface area contributed by atoms with E-state index in [0.717, 1.165) is 24.6 Å². The highest BCUT2D eigenvalue weighted by Gasteiger charge is 2.18. The van der Waals surface area contributed by atoms with E-state index in [4.69, 9.17) is 9.47 Å². The fourth-order valence-corrected chi connectivity index (χ4v) is 3.70. The molecule has 0 radical (unpaired) electrons. The third-order valence-electron chi connectivity index (χ3n) is 5.38. The highest BCUT2D eigenvalue weighted by molar-refractivity contribution is 5.95. The summed E-state index contributed by atoms with van der Waals surface area (Å²) in [7, 11) is 3.15. The van der Waals surface area contributed by atoms with Gasteiger partial charge < -0.3 is 19.7 Å². The molecule has 0 aliphatic carbocycles. The predicted octanol–water partition coefficient (Wildman–Crippen LogP) is 4.43. The maximum absolute atomic E-state index is 12.7. The first-order chi connectivity index (χ1) is 13.5. The second-order valence-corrected chi connectivity index (χ2v) is 7.58. The van der Waals surface area contributed by atoms with Gasteiger partial charge >= 0.3 is 0 Å². The van der Waals surface area contributed by atoms with Crippen molar-refractivity contribution in [3.05, 3.63) is 53.6 Å². The van der Waals surface area contributed by atoms with Crippen molar-refractivity contribution in [2.45, 2.75) is 32.7 Å². The minimum atomic E-state index is -0.154. The van der Waals surface area contributed by atoms with Crippen LogP contribution in [-0.4, -0.2) is 33.2 Å². The molecule has 5 nitrogen and oxygen atoms in total. The van der Waals surface area contributed by atoms with Crippen molar-refractivity contribution < 1.29 is 14.3 Å². The third kappa shape index (κ3) is 4.77. The predicted molar refractivity (Wildman–Crippen MR) is 112 cm³/mol. The Bertz CT molecular complexity index is 782. The lowest BCUT2D eigenvalue weighted by molar-refractivity contribution is 0.0939. The molecule has 150 valence electrons. The van der Waals surface area contributed by atoms with Crippen LogP contribution in [0.2, 0.25) is 0 Å². The second-order valence-electron chi connectivity index (χ2n) is 7.58. The molecule has 1 heterocycles. The number of hydrogen-bond donors (Lipinski definition) is 1. The van der Waals surface area contributed by atoms with E-state index in [2.05, 4.69) is 41.4 Å². The summed E-state index contributed by atoms with van der Waals surface area (Å²) in [4.78, 5) is 15.1. The quantitative estimate of drug-likeness (QED) is 0.803. The molecule has 3 rings (SSSR count). The normalized spacial score (nSPS) is 17.7. The van der Waals surface area contributed by atoms with Gasteiger partial charge in [0.2, 0.25) is 0 Å². The number of rotatable bonds is 6. The minimum absolute atomic E-state index is 0.0981. The molecule has 5 heteroatoms. The van der Waals surface area contributed by atoms with Crippen LogP contribution in [0.15, 0.2) is 42.5 Å². The standard InChI is InChI=1S/C23H30N2O3/c1-16-6-5-11-25(15-16)20-9-7-18(8-10-20)17(2)24-23(26)19-12-21(27-3)14-22(13-19)28-4/h7-10,12-14,16-17H,5-6,11,15H2,1-4H3,(H,24,26)/t16-,17+/m0/s1. The van der Waals surface area contributed by atoms with Crippen molar-refractivity contribution in [3.8, 4) is 11.5 Å². The Morgan fingerprint density at radius 3 is 2.32 bits per heavy atom. The van der Waals surface area contributed by atoms with Crippen LogP contribution in [0.5, 0.6) is 11.5 Å². The van der Waals surface area contributed by atoms with Crippen molar-refractivity contribution >= 4 is 11.6 Å². The second kappa shape index (κ2) is 9.00. The molecule has 1 aliphatic heterocycles. The number of amides is 1. The molecule has 1 amide bonds. The summed E-state index contributed by atoms with van der Waals surface area (Å²) < 4.78 is 10.5. The zero-order chi connectivity index (χ0) is 20.1. The van der Waals surface area contributed by atoms with Crippen LogP contribution >= 0.6 is 0 Å².